The van der Waals surface area contributed by atoms with E-state index in [1.165, 1.54) is 52.3 Å². The maximum atomic E-state index is 15.0. The number of amidine groups is 1. The summed E-state index contributed by atoms with van der Waals surface area (Å²) in [4.78, 5) is 34.7. The Morgan fingerprint density at radius 3 is 2.51 bits per heavy atom. The molecule has 1 N–H and O–H groups in total. The van der Waals surface area contributed by atoms with E-state index in [-0.39, 0.29) is 29.1 Å². The lowest BCUT2D eigenvalue weighted by Crippen LogP contribution is -2.32. The summed E-state index contributed by atoms with van der Waals surface area (Å²) >= 11 is 1.15. The standard InChI is InChI=1S/C29H24F4N6O3S/c1-2-18-5-3-4-6-24(18)39-25(40)16-43-28(39)36-27(41)34-15-23(30)19-7-9-20(10-8-19)26-35-17-38(37-26)21-11-13-22(14-12-21)42-29(31,32)33/h3-14,17,23H,2,15-16H2,1H3,(H,34,41). The number of aromatic nitrogens is 3. The van der Waals surface area contributed by atoms with Crippen molar-refractivity contribution in [1.29, 1.82) is 0 Å². The Hall–Kier alpha value is -4.72. The van der Waals surface area contributed by atoms with Gasteiger partial charge in [-0.2, -0.15) is 4.99 Å². The first kappa shape index (κ1) is 29.8. The Morgan fingerprint density at radius 1 is 1.09 bits per heavy atom. The van der Waals surface area contributed by atoms with E-state index in [9.17, 15) is 27.2 Å². The van der Waals surface area contributed by atoms with Crippen LogP contribution in [0, 0.1) is 0 Å². The number of carbonyl (C=O) groups is 2. The Balaban J connectivity index is 1.19. The largest absolute Gasteiger partial charge is 0.573 e. The van der Waals surface area contributed by atoms with Crippen LogP contribution < -0.4 is 15.0 Å². The molecule has 1 atom stereocenters. The molecule has 9 nitrogen and oxygen atoms in total. The van der Waals surface area contributed by atoms with E-state index in [0.717, 1.165) is 17.3 Å². The smallest absolute Gasteiger partial charge is 0.406 e. The topological polar surface area (TPSA) is 102 Å². The predicted octanol–water partition coefficient (Wildman–Crippen LogP) is 6.25. The molecule has 1 unspecified atom stereocenters. The molecule has 0 aliphatic carbocycles. The fourth-order valence-corrected chi connectivity index (χ4v) is 5.15. The Labute approximate surface area is 247 Å². The second kappa shape index (κ2) is 12.7. The first-order valence-electron chi connectivity index (χ1n) is 13.0. The molecule has 43 heavy (non-hydrogen) atoms. The predicted molar refractivity (Wildman–Crippen MR) is 154 cm³/mol. The third-order valence-corrected chi connectivity index (χ3v) is 7.29. The van der Waals surface area contributed by atoms with Gasteiger partial charge in [0.2, 0.25) is 5.91 Å². The first-order valence-corrected chi connectivity index (χ1v) is 14.0. The summed E-state index contributed by atoms with van der Waals surface area (Å²) in [6.07, 6.45) is -4.22. The number of carbonyl (C=O) groups excluding carboxylic acids is 2. The van der Waals surface area contributed by atoms with Crippen LogP contribution in [0.3, 0.4) is 0 Å². The number of hydrogen-bond acceptors (Lipinski definition) is 6. The molecule has 1 saturated heterocycles. The SMILES string of the molecule is CCc1ccccc1N1C(=O)CSC1=NC(=O)NCC(F)c1ccc(-c2ncn(-c3ccc(OC(F)(F)F)cc3)n2)cc1. The molecule has 2 heterocycles. The highest BCUT2D eigenvalue weighted by molar-refractivity contribution is 8.15. The van der Waals surface area contributed by atoms with Gasteiger partial charge >= 0.3 is 12.4 Å². The minimum absolute atomic E-state index is 0.151. The molecule has 0 saturated carbocycles. The second-order valence-corrected chi connectivity index (χ2v) is 10.2. The highest BCUT2D eigenvalue weighted by Gasteiger charge is 2.32. The van der Waals surface area contributed by atoms with Gasteiger partial charge in [0.25, 0.3) is 0 Å². The molecule has 222 valence electrons. The van der Waals surface area contributed by atoms with Gasteiger partial charge in [-0.15, -0.1) is 18.3 Å². The lowest BCUT2D eigenvalue weighted by Gasteiger charge is -2.19. The molecule has 3 amide bonds. The number of nitrogens with one attached hydrogen (secondary N) is 1. The summed E-state index contributed by atoms with van der Waals surface area (Å²) in [6.45, 7) is 1.63. The lowest BCUT2D eigenvalue weighted by atomic mass is 10.1. The van der Waals surface area contributed by atoms with Crippen molar-refractivity contribution < 1.29 is 31.9 Å². The van der Waals surface area contributed by atoms with Crippen LogP contribution in [0.15, 0.2) is 84.1 Å². The van der Waals surface area contributed by atoms with Crippen LogP contribution in [0.1, 0.15) is 24.2 Å². The second-order valence-electron chi connectivity index (χ2n) is 9.22. The van der Waals surface area contributed by atoms with Gasteiger partial charge in [-0.1, -0.05) is 61.2 Å². The lowest BCUT2D eigenvalue weighted by molar-refractivity contribution is -0.274. The van der Waals surface area contributed by atoms with Crippen molar-refractivity contribution >= 4 is 34.6 Å². The number of benzene rings is 3. The number of rotatable bonds is 8. The van der Waals surface area contributed by atoms with Crippen LogP contribution in [0.25, 0.3) is 17.1 Å². The van der Waals surface area contributed by atoms with E-state index in [4.69, 9.17) is 0 Å². The van der Waals surface area contributed by atoms with E-state index >= 15 is 0 Å². The zero-order valence-electron chi connectivity index (χ0n) is 22.6. The van der Waals surface area contributed by atoms with E-state index in [1.54, 1.807) is 18.2 Å². The summed E-state index contributed by atoms with van der Waals surface area (Å²) in [7, 11) is 0. The van der Waals surface area contributed by atoms with Crippen molar-refractivity contribution in [3.8, 4) is 22.8 Å². The maximum Gasteiger partial charge on any atom is 0.573 e. The number of ether oxygens (including phenoxy) is 1. The van der Waals surface area contributed by atoms with Gasteiger partial charge < -0.3 is 10.1 Å². The molecule has 1 fully saturated rings. The average Bonchev–Trinajstić information content (AvgIpc) is 3.62. The molecule has 1 aliphatic rings. The van der Waals surface area contributed by atoms with Crippen LogP contribution in [0.4, 0.5) is 28.0 Å². The number of thioether (sulfide) groups is 1. The monoisotopic (exact) mass is 612 g/mol. The van der Waals surface area contributed by atoms with Crippen LogP contribution in [-0.4, -0.2) is 50.5 Å². The number of anilines is 1. The summed E-state index contributed by atoms with van der Waals surface area (Å²) in [6, 6.07) is 18.1. The first-order chi connectivity index (χ1) is 20.6. The minimum Gasteiger partial charge on any atom is -0.406 e. The Morgan fingerprint density at radius 2 is 1.81 bits per heavy atom. The number of halogens is 4. The van der Waals surface area contributed by atoms with Gasteiger partial charge in [-0.05, 0) is 47.9 Å². The molecule has 0 spiro atoms. The van der Waals surface area contributed by atoms with E-state index in [2.05, 4.69) is 25.1 Å². The van der Waals surface area contributed by atoms with Crippen LogP contribution in [-0.2, 0) is 11.2 Å². The number of aryl methyl sites for hydroxylation is 1. The fraction of sp³-hybridized carbons (Fsp3) is 0.207. The molecule has 0 bridgehead atoms. The number of para-hydroxylation sites is 1. The normalized spacial score (nSPS) is 15.1. The minimum atomic E-state index is -4.79. The van der Waals surface area contributed by atoms with Gasteiger partial charge in [0.15, 0.2) is 11.0 Å². The average molecular weight is 613 g/mol. The number of aliphatic imine (C=N–C) groups is 1. The van der Waals surface area contributed by atoms with Crippen molar-refractivity contribution in [3.05, 3.63) is 90.3 Å². The molecule has 14 heteroatoms. The molecule has 1 aliphatic heterocycles. The van der Waals surface area contributed by atoms with Gasteiger partial charge in [0, 0.05) is 5.56 Å². The summed E-state index contributed by atoms with van der Waals surface area (Å²) in [5.74, 6) is -0.0737. The molecule has 3 aromatic carbocycles. The summed E-state index contributed by atoms with van der Waals surface area (Å²) in [5.41, 5.74) is 2.96. The maximum absolute atomic E-state index is 15.0. The summed E-state index contributed by atoms with van der Waals surface area (Å²) < 4.78 is 57.3. The zero-order chi connectivity index (χ0) is 30.6. The van der Waals surface area contributed by atoms with Crippen molar-refractivity contribution in [3.63, 3.8) is 0 Å². The van der Waals surface area contributed by atoms with E-state index < -0.39 is 18.6 Å². The van der Waals surface area contributed by atoms with Crippen molar-refractivity contribution in [2.24, 2.45) is 4.99 Å². The van der Waals surface area contributed by atoms with E-state index in [0.29, 0.717) is 34.7 Å². The molecule has 1 aromatic heterocycles. The highest BCUT2D eigenvalue weighted by Crippen LogP contribution is 2.30. The fourth-order valence-electron chi connectivity index (χ4n) is 4.29. The molecule has 5 rings (SSSR count). The number of nitrogens with zero attached hydrogens (tertiary/aromatic N) is 5. The van der Waals surface area contributed by atoms with Crippen molar-refractivity contribution in [2.45, 2.75) is 25.9 Å². The van der Waals surface area contributed by atoms with Crippen LogP contribution >= 0.6 is 11.8 Å². The van der Waals surface area contributed by atoms with Gasteiger partial charge in [0.05, 0.1) is 23.7 Å². The highest BCUT2D eigenvalue weighted by atomic mass is 32.2. The van der Waals surface area contributed by atoms with Crippen LogP contribution in [0.2, 0.25) is 0 Å². The molecular weight excluding hydrogens is 588 g/mol. The Bertz CT molecular complexity index is 1640. The molecule has 0 radical (unpaired) electrons. The zero-order valence-corrected chi connectivity index (χ0v) is 23.4. The summed E-state index contributed by atoms with van der Waals surface area (Å²) in [5, 5.41) is 7.02. The number of alkyl halides is 4. The quantitative estimate of drug-likeness (QED) is 0.236. The third kappa shape index (κ3) is 7.20. The van der Waals surface area contributed by atoms with Crippen LogP contribution in [0.5, 0.6) is 5.75 Å². The number of amides is 3. The molecular formula is C29H24F4N6O3S. The Kier molecular flexibility index (Phi) is 8.76. The number of hydrogen-bond donors (Lipinski definition) is 1. The van der Waals surface area contributed by atoms with Crippen molar-refractivity contribution in [2.75, 3.05) is 17.2 Å². The van der Waals surface area contributed by atoms with E-state index in [1.807, 2.05) is 25.1 Å². The van der Waals surface area contributed by atoms with Gasteiger partial charge in [-0.25, -0.2) is 18.9 Å². The third-order valence-electron chi connectivity index (χ3n) is 6.37. The van der Waals surface area contributed by atoms with Gasteiger partial charge in [-0.3, -0.25) is 9.69 Å². The van der Waals surface area contributed by atoms with Crippen molar-refractivity contribution in [1.82, 2.24) is 20.1 Å². The number of urea groups is 1. The van der Waals surface area contributed by atoms with Gasteiger partial charge in [0.1, 0.15) is 18.2 Å². The molecule has 4 aromatic rings.